The Morgan fingerprint density at radius 2 is 1.81 bits per heavy atom. The van der Waals surface area contributed by atoms with E-state index in [1.807, 2.05) is 25.1 Å². The fourth-order valence-corrected chi connectivity index (χ4v) is 3.70. The van der Waals surface area contributed by atoms with Gasteiger partial charge in [0.05, 0.1) is 7.11 Å². The molecule has 0 bridgehead atoms. The van der Waals surface area contributed by atoms with Crippen LogP contribution in [0.3, 0.4) is 0 Å². The Bertz CT molecular complexity index is 1170. The highest BCUT2D eigenvalue weighted by Crippen LogP contribution is 2.27. The largest absolute Gasteiger partial charge is 0.497 e. The van der Waals surface area contributed by atoms with Crippen molar-refractivity contribution < 1.29 is 23.4 Å². The van der Waals surface area contributed by atoms with Crippen LogP contribution < -0.4 is 15.5 Å². The smallest absolute Gasteiger partial charge is 0.304 e. The van der Waals surface area contributed by atoms with Crippen LogP contribution in [0.2, 0.25) is 0 Å². The molecular weight excluding hydrogens is 409 g/mol. The zero-order valence-corrected chi connectivity index (χ0v) is 17.7. The van der Waals surface area contributed by atoms with Gasteiger partial charge in [0.2, 0.25) is 12.3 Å². The lowest BCUT2D eigenvalue weighted by Gasteiger charge is -2.15. The highest BCUT2D eigenvalue weighted by Gasteiger charge is 2.47. The van der Waals surface area contributed by atoms with Gasteiger partial charge in [-0.25, -0.2) is 4.39 Å². The van der Waals surface area contributed by atoms with E-state index >= 15 is 0 Å². The van der Waals surface area contributed by atoms with Crippen LogP contribution in [0.15, 0.2) is 72.8 Å². The number of carbonyl (C=O) groups excluding carboxylic acids is 2. The second-order valence-corrected chi connectivity index (χ2v) is 7.60. The van der Waals surface area contributed by atoms with Crippen molar-refractivity contribution in [1.29, 1.82) is 0 Å². The van der Waals surface area contributed by atoms with Crippen molar-refractivity contribution in [2.24, 2.45) is 0 Å². The number of amides is 2. The van der Waals surface area contributed by atoms with E-state index in [-0.39, 0.29) is 17.6 Å². The van der Waals surface area contributed by atoms with Crippen LogP contribution >= 0.6 is 0 Å². The number of rotatable bonds is 5. The Kier molecular flexibility index (Phi) is 5.98. The maximum atomic E-state index is 13.3. The quantitative estimate of drug-likeness (QED) is 0.609. The summed E-state index contributed by atoms with van der Waals surface area (Å²) in [6, 6.07) is 19.0. The minimum absolute atomic E-state index is 0.337. The number of nitrogens with one attached hydrogen (secondary N) is 2. The molecule has 2 N–H and O–H groups in total. The number of carbonyl (C=O) groups is 2. The van der Waals surface area contributed by atoms with Crippen LogP contribution in [0, 0.1) is 12.7 Å². The molecule has 0 aromatic heterocycles. The number of hydrazone groups is 1. The van der Waals surface area contributed by atoms with E-state index in [2.05, 4.69) is 10.7 Å². The molecule has 0 saturated carbocycles. The van der Waals surface area contributed by atoms with Gasteiger partial charge in [-0.05, 0) is 67.6 Å². The molecule has 1 aliphatic rings. The third-order valence-electron chi connectivity index (χ3n) is 5.32. The molecule has 0 spiro atoms. The summed E-state index contributed by atoms with van der Waals surface area (Å²) < 4.78 is 20.2. The fraction of sp³-hybridized carbons (Fsp3) is 0.160. The summed E-state index contributed by atoms with van der Waals surface area (Å²) >= 11 is 0. The first kappa shape index (κ1) is 21.2. The molecule has 0 aliphatic carbocycles. The summed E-state index contributed by atoms with van der Waals surface area (Å²) in [6.07, 6.45) is 1.71. The number of nitrogens with zero attached hydrogens (tertiary/aromatic N) is 1. The highest BCUT2D eigenvalue weighted by atomic mass is 19.1. The predicted molar refractivity (Wildman–Crippen MR) is 118 cm³/mol. The number of halogens is 1. The van der Waals surface area contributed by atoms with Crippen LogP contribution in [0.25, 0.3) is 0 Å². The van der Waals surface area contributed by atoms with Crippen molar-refractivity contribution in [3.63, 3.8) is 0 Å². The number of benzene rings is 3. The van der Waals surface area contributed by atoms with Crippen LogP contribution in [-0.4, -0.2) is 35.9 Å². The van der Waals surface area contributed by atoms with Crippen molar-refractivity contribution in [2.75, 3.05) is 7.11 Å². The molecule has 6 nitrogen and oxygen atoms in total. The van der Waals surface area contributed by atoms with Crippen molar-refractivity contribution in [2.45, 2.75) is 19.0 Å². The van der Waals surface area contributed by atoms with E-state index < -0.39 is 12.1 Å². The lowest BCUT2D eigenvalue weighted by atomic mass is 9.99. The molecule has 1 saturated heterocycles. The Morgan fingerprint density at radius 1 is 1.09 bits per heavy atom. The van der Waals surface area contributed by atoms with E-state index in [9.17, 15) is 14.0 Å². The average Bonchev–Trinajstić information content (AvgIpc) is 3.09. The Labute approximate surface area is 185 Å². The van der Waals surface area contributed by atoms with E-state index in [0.29, 0.717) is 16.9 Å². The molecule has 1 aliphatic heterocycles. The first-order valence-electron chi connectivity index (χ1n) is 10.2. The van der Waals surface area contributed by atoms with Gasteiger partial charge in [-0.2, -0.15) is 0 Å². The molecule has 32 heavy (non-hydrogen) atoms. The summed E-state index contributed by atoms with van der Waals surface area (Å²) in [5.41, 5.74) is 5.75. The van der Waals surface area contributed by atoms with E-state index in [1.165, 1.54) is 12.1 Å². The lowest BCUT2D eigenvalue weighted by molar-refractivity contribution is -0.596. The maximum Gasteiger partial charge on any atom is 0.304 e. The van der Waals surface area contributed by atoms with E-state index in [1.54, 1.807) is 60.5 Å². The number of aryl methyl sites for hydroxylation is 1. The summed E-state index contributed by atoms with van der Waals surface area (Å²) in [5, 5.41) is 2.87. The molecule has 2 amide bonds. The van der Waals surface area contributed by atoms with Crippen molar-refractivity contribution in [1.82, 2.24) is 10.7 Å². The molecule has 2 atom stereocenters. The van der Waals surface area contributed by atoms with Gasteiger partial charge in [0.25, 0.3) is 5.91 Å². The topological polar surface area (TPSA) is 70.4 Å². The Balaban J connectivity index is 1.70. The molecular formula is C25H23FN3O3+. The molecule has 7 heteroatoms. The third kappa shape index (κ3) is 4.51. The molecule has 0 unspecified atom stereocenters. The van der Waals surface area contributed by atoms with Gasteiger partial charge >= 0.3 is 5.91 Å². The first-order valence-corrected chi connectivity index (χ1v) is 10.2. The lowest BCUT2D eigenvalue weighted by Crippen LogP contribution is -2.42. The Morgan fingerprint density at radius 3 is 2.47 bits per heavy atom. The number of hydrogen-bond donors (Lipinski definition) is 2. The van der Waals surface area contributed by atoms with Gasteiger partial charge in [0, 0.05) is 16.7 Å². The first-order chi connectivity index (χ1) is 15.4. The van der Waals surface area contributed by atoms with Crippen LogP contribution in [0.5, 0.6) is 5.75 Å². The van der Waals surface area contributed by atoms with Gasteiger partial charge in [-0.3, -0.25) is 9.59 Å². The SMILES string of the molecule is COc1ccc([C@H]2[C@@H](NC(=O)c3cccc(C)c3)C(=O)N/[N+]2=C\c2ccc(F)cc2)cc1. The Hall–Kier alpha value is -4.00. The van der Waals surface area contributed by atoms with Crippen LogP contribution in [0.1, 0.15) is 33.1 Å². The normalized spacial score (nSPS) is 19.0. The summed E-state index contributed by atoms with van der Waals surface area (Å²) in [6.45, 7) is 1.90. The highest BCUT2D eigenvalue weighted by molar-refractivity contribution is 5.98. The number of hydrogen-bond acceptors (Lipinski definition) is 3. The third-order valence-corrected chi connectivity index (χ3v) is 5.32. The molecule has 1 fully saturated rings. The number of methoxy groups -OCH3 is 1. The van der Waals surface area contributed by atoms with E-state index in [0.717, 1.165) is 11.1 Å². The minimum Gasteiger partial charge on any atom is -0.497 e. The number of hydrazine groups is 1. The maximum absolute atomic E-state index is 13.3. The van der Waals surface area contributed by atoms with E-state index in [4.69, 9.17) is 4.74 Å². The molecule has 1 heterocycles. The van der Waals surface area contributed by atoms with Gasteiger partial charge in [-0.15, -0.1) is 10.1 Å². The van der Waals surface area contributed by atoms with Gasteiger partial charge in [0.15, 0.2) is 6.04 Å². The molecule has 162 valence electrons. The summed E-state index contributed by atoms with van der Waals surface area (Å²) in [5.74, 6) is -0.343. The predicted octanol–water partition coefficient (Wildman–Crippen LogP) is 3.16. The van der Waals surface area contributed by atoms with Gasteiger partial charge in [0.1, 0.15) is 11.6 Å². The molecule has 3 aromatic carbocycles. The zero-order valence-electron chi connectivity index (χ0n) is 17.7. The number of ether oxygens (including phenoxy) is 1. The van der Waals surface area contributed by atoms with Crippen LogP contribution in [0.4, 0.5) is 4.39 Å². The average molecular weight is 432 g/mol. The summed E-state index contributed by atoms with van der Waals surface area (Å²) in [4.78, 5) is 25.8. The summed E-state index contributed by atoms with van der Waals surface area (Å²) in [7, 11) is 1.58. The standard InChI is InChI=1S/C25H22FN3O3/c1-16-4-3-5-19(14-16)24(30)27-22-23(18-8-12-21(32-2)13-9-18)29(28-25(22)31)15-17-6-10-20(26)11-7-17/h3-15,22-23H,1-2H3,(H-,27,28,30,31)/p+1/b29-15-/t22-,23+/m1/s1. The second kappa shape index (κ2) is 9.01. The molecule has 3 aromatic rings. The second-order valence-electron chi connectivity index (χ2n) is 7.60. The van der Waals surface area contributed by atoms with Gasteiger partial charge in [-0.1, -0.05) is 17.7 Å². The van der Waals surface area contributed by atoms with Crippen molar-refractivity contribution in [3.8, 4) is 5.75 Å². The minimum atomic E-state index is -0.840. The molecule has 0 radical (unpaired) electrons. The van der Waals surface area contributed by atoms with Crippen molar-refractivity contribution in [3.05, 3.63) is 101 Å². The monoisotopic (exact) mass is 432 g/mol. The van der Waals surface area contributed by atoms with Crippen LogP contribution in [-0.2, 0) is 4.79 Å². The fourth-order valence-electron chi connectivity index (χ4n) is 3.70. The zero-order chi connectivity index (χ0) is 22.7. The van der Waals surface area contributed by atoms with Crippen molar-refractivity contribution >= 4 is 18.0 Å². The molecule has 4 rings (SSSR count). The van der Waals surface area contributed by atoms with Gasteiger partial charge < -0.3 is 10.1 Å².